The number of carbonyl (C=O) groups is 1. The molecular weight excluding hydrogens is 282 g/mol. The van der Waals surface area contributed by atoms with Crippen LogP contribution in [0.25, 0.3) is 21.7 Å². The Bertz CT molecular complexity index is 1040. The lowest BCUT2D eigenvalue weighted by molar-refractivity contribution is 0.103. The summed E-state index contributed by atoms with van der Waals surface area (Å²) in [7, 11) is 0. The smallest absolute Gasteiger partial charge is 0.212 e. The maximum absolute atomic E-state index is 13.0. The third-order valence-electron chi connectivity index (χ3n) is 4.18. The lowest BCUT2D eigenvalue weighted by Gasteiger charge is -2.11. The van der Waals surface area contributed by atoms with E-state index >= 15 is 0 Å². The van der Waals surface area contributed by atoms with Gasteiger partial charge in [-0.2, -0.15) is 0 Å². The van der Waals surface area contributed by atoms with Crippen molar-refractivity contribution in [1.29, 1.82) is 0 Å². The molecule has 0 atom stereocenters. The summed E-state index contributed by atoms with van der Waals surface area (Å²) in [5.74, 6) is -0.0352. The monoisotopic (exact) mass is 297 g/mol. The average molecular weight is 297 g/mol. The van der Waals surface area contributed by atoms with Crippen LogP contribution < -0.4 is 0 Å². The average Bonchev–Trinajstić information content (AvgIpc) is 2.61. The number of aromatic nitrogens is 1. The summed E-state index contributed by atoms with van der Waals surface area (Å²) in [5, 5.41) is 3.11. The van der Waals surface area contributed by atoms with Crippen LogP contribution in [0.15, 0.2) is 72.8 Å². The number of nitrogens with zero attached hydrogens (tertiary/aromatic N) is 1. The maximum Gasteiger partial charge on any atom is 0.212 e. The van der Waals surface area contributed by atoms with Crippen molar-refractivity contribution < 1.29 is 4.79 Å². The first kappa shape index (κ1) is 13.6. The second-order valence-corrected chi connectivity index (χ2v) is 5.67. The van der Waals surface area contributed by atoms with E-state index in [0.29, 0.717) is 11.3 Å². The van der Waals surface area contributed by atoms with E-state index in [4.69, 9.17) is 0 Å². The highest BCUT2D eigenvalue weighted by atomic mass is 16.1. The topological polar surface area (TPSA) is 30.0 Å². The highest BCUT2D eigenvalue weighted by molar-refractivity contribution is 6.20. The normalized spacial score (nSPS) is 11.0. The Morgan fingerprint density at radius 1 is 0.783 bits per heavy atom. The van der Waals surface area contributed by atoms with Crippen LogP contribution in [0.1, 0.15) is 21.6 Å². The Hall–Kier alpha value is -3.00. The van der Waals surface area contributed by atoms with Crippen molar-refractivity contribution in [3.63, 3.8) is 0 Å². The van der Waals surface area contributed by atoms with Crippen LogP contribution >= 0.6 is 0 Å². The number of hydrogen-bond acceptors (Lipinski definition) is 2. The van der Waals surface area contributed by atoms with E-state index in [9.17, 15) is 4.79 Å². The lowest BCUT2D eigenvalue weighted by Crippen LogP contribution is -2.06. The summed E-state index contributed by atoms with van der Waals surface area (Å²) in [6.07, 6.45) is 0. The van der Waals surface area contributed by atoms with Crippen LogP contribution in [0.2, 0.25) is 0 Å². The SMILES string of the molecule is Cc1cccc2c(C(=O)c3ccccc3)nc3ccccc3c12. The molecule has 2 nitrogen and oxygen atoms in total. The lowest BCUT2D eigenvalue weighted by atomic mass is 9.96. The molecule has 0 saturated heterocycles. The van der Waals surface area contributed by atoms with Gasteiger partial charge in [0.15, 0.2) is 0 Å². The fourth-order valence-electron chi connectivity index (χ4n) is 3.09. The van der Waals surface area contributed by atoms with Crippen molar-refractivity contribution in [3.8, 4) is 0 Å². The minimum absolute atomic E-state index is 0.0352. The second-order valence-electron chi connectivity index (χ2n) is 5.67. The van der Waals surface area contributed by atoms with Gasteiger partial charge >= 0.3 is 0 Å². The molecule has 0 bridgehead atoms. The van der Waals surface area contributed by atoms with Gasteiger partial charge in [0.05, 0.1) is 5.52 Å². The summed E-state index contributed by atoms with van der Waals surface area (Å²) in [6.45, 7) is 2.07. The molecule has 0 amide bonds. The van der Waals surface area contributed by atoms with Gasteiger partial charge in [-0.05, 0) is 23.9 Å². The Balaban J connectivity index is 2.10. The number of ketones is 1. The van der Waals surface area contributed by atoms with Crippen LogP contribution in [-0.4, -0.2) is 10.8 Å². The molecular formula is C21H15NO. The van der Waals surface area contributed by atoms with E-state index in [-0.39, 0.29) is 5.78 Å². The summed E-state index contributed by atoms with van der Waals surface area (Å²) in [4.78, 5) is 17.6. The van der Waals surface area contributed by atoms with Crippen molar-refractivity contribution in [2.75, 3.05) is 0 Å². The van der Waals surface area contributed by atoms with E-state index in [0.717, 1.165) is 27.2 Å². The van der Waals surface area contributed by atoms with Crippen LogP contribution in [-0.2, 0) is 0 Å². The molecule has 1 heterocycles. The molecule has 3 aromatic carbocycles. The van der Waals surface area contributed by atoms with Crippen LogP contribution in [0.3, 0.4) is 0 Å². The second kappa shape index (κ2) is 5.33. The fraction of sp³-hybridized carbons (Fsp3) is 0.0476. The summed E-state index contributed by atoms with van der Waals surface area (Å²) >= 11 is 0. The highest BCUT2D eigenvalue weighted by Crippen LogP contribution is 2.30. The summed E-state index contributed by atoms with van der Waals surface area (Å²) in [5.41, 5.74) is 3.20. The number of aryl methyl sites for hydroxylation is 1. The summed E-state index contributed by atoms with van der Waals surface area (Å²) < 4.78 is 0. The van der Waals surface area contributed by atoms with E-state index in [1.165, 1.54) is 0 Å². The van der Waals surface area contributed by atoms with E-state index in [1.54, 1.807) is 0 Å². The molecule has 0 aliphatic rings. The van der Waals surface area contributed by atoms with E-state index < -0.39 is 0 Å². The van der Waals surface area contributed by atoms with E-state index in [2.05, 4.69) is 24.0 Å². The number of para-hydroxylation sites is 1. The van der Waals surface area contributed by atoms with Crippen LogP contribution in [0, 0.1) is 6.92 Å². The molecule has 0 N–H and O–H groups in total. The van der Waals surface area contributed by atoms with Gasteiger partial charge in [0, 0.05) is 16.3 Å². The summed E-state index contributed by atoms with van der Waals surface area (Å²) in [6, 6.07) is 23.4. The molecule has 0 fully saturated rings. The highest BCUT2D eigenvalue weighted by Gasteiger charge is 2.17. The number of rotatable bonds is 2. The van der Waals surface area contributed by atoms with Crippen molar-refractivity contribution >= 4 is 27.5 Å². The minimum atomic E-state index is -0.0352. The molecule has 110 valence electrons. The molecule has 4 aromatic rings. The molecule has 0 aliphatic heterocycles. The molecule has 0 spiro atoms. The first-order chi connectivity index (χ1) is 11.3. The fourth-order valence-corrected chi connectivity index (χ4v) is 3.09. The van der Waals surface area contributed by atoms with Crippen LogP contribution in [0.4, 0.5) is 0 Å². The molecule has 0 saturated carbocycles. The van der Waals surface area contributed by atoms with Crippen molar-refractivity contribution in [1.82, 2.24) is 4.98 Å². The number of benzene rings is 3. The third kappa shape index (κ3) is 2.20. The zero-order valence-corrected chi connectivity index (χ0v) is 12.8. The van der Waals surface area contributed by atoms with Crippen molar-refractivity contribution in [2.45, 2.75) is 6.92 Å². The maximum atomic E-state index is 13.0. The Morgan fingerprint density at radius 2 is 1.48 bits per heavy atom. The molecule has 2 heteroatoms. The molecule has 23 heavy (non-hydrogen) atoms. The van der Waals surface area contributed by atoms with Gasteiger partial charge in [-0.1, -0.05) is 66.7 Å². The first-order valence-corrected chi connectivity index (χ1v) is 7.63. The van der Waals surface area contributed by atoms with Gasteiger partial charge in [0.25, 0.3) is 0 Å². The van der Waals surface area contributed by atoms with Gasteiger partial charge in [-0.3, -0.25) is 4.79 Å². The van der Waals surface area contributed by atoms with Gasteiger partial charge in [0.1, 0.15) is 5.69 Å². The Morgan fingerprint density at radius 3 is 2.30 bits per heavy atom. The molecule has 0 radical (unpaired) electrons. The molecule has 1 aromatic heterocycles. The zero-order valence-electron chi connectivity index (χ0n) is 12.8. The molecule has 4 rings (SSSR count). The number of fused-ring (bicyclic) bond motifs is 3. The Kier molecular flexibility index (Phi) is 3.16. The Labute approximate surface area is 134 Å². The molecule has 0 aliphatic carbocycles. The van der Waals surface area contributed by atoms with E-state index in [1.807, 2.05) is 60.7 Å². The minimum Gasteiger partial charge on any atom is -0.287 e. The van der Waals surface area contributed by atoms with Crippen molar-refractivity contribution in [3.05, 3.63) is 89.6 Å². The predicted octanol–water partition coefficient (Wildman–Crippen LogP) is 4.93. The third-order valence-corrected chi connectivity index (χ3v) is 4.18. The van der Waals surface area contributed by atoms with Crippen LogP contribution in [0.5, 0.6) is 0 Å². The standard InChI is InChI=1S/C21H15NO/c1-14-8-7-12-17-19(14)16-11-5-6-13-18(16)22-20(17)21(23)15-9-3-2-4-10-15/h2-13H,1H3. The largest absolute Gasteiger partial charge is 0.287 e. The number of pyridine rings is 1. The number of carbonyl (C=O) groups excluding carboxylic acids is 1. The quantitative estimate of drug-likeness (QED) is 0.388. The zero-order chi connectivity index (χ0) is 15.8. The van der Waals surface area contributed by atoms with Gasteiger partial charge in [0.2, 0.25) is 5.78 Å². The van der Waals surface area contributed by atoms with Gasteiger partial charge in [-0.25, -0.2) is 4.98 Å². The van der Waals surface area contributed by atoms with Gasteiger partial charge in [-0.15, -0.1) is 0 Å². The predicted molar refractivity (Wildman–Crippen MR) is 93.9 cm³/mol. The first-order valence-electron chi connectivity index (χ1n) is 7.63. The number of hydrogen-bond donors (Lipinski definition) is 0. The van der Waals surface area contributed by atoms with Crippen molar-refractivity contribution in [2.24, 2.45) is 0 Å². The van der Waals surface area contributed by atoms with Gasteiger partial charge < -0.3 is 0 Å². The molecule has 0 unspecified atom stereocenters.